The van der Waals surface area contributed by atoms with E-state index in [-0.39, 0.29) is 17.3 Å². The van der Waals surface area contributed by atoms with Crippen LogP contribution in [0.3, 0.4) is 0 Å². The average molecular weight is 314 g/mol. The van der Waals surface area contributed by atoms with Gasteiger partial charge in [0.05, 0.1) is 18.3 Å². The molecule has 0 fully saturated rings. The minimum absolute atomic E-state index is 0.00445. The highest BCUT2D eigenvalue weighted by Crippen LogP contribution is 2.28. The lowest BCUT2D eigenvalue weighted by Crippen LogP contribution is -2.04. The summed E-state index contributed by atoms with van der Waals surface area (Å²) in [6.45, 7) is 0. The topological polar surface area (TPSA) is 104 Å². The number of esters is 1. The minimum atomic E-state index is -0.676. The number of nitro benzene ring substituents is 1. The molecule has 0 amide bonds. The smallest absolute Gasteiger partial charge is 0.363 e. The average Bonchev–Trinajstić information content (AvgIpc) is 3.17. The molecule has 8 heteroatoms. The van der Waals surface area contributed by atoms with Gasteiger partial charge >= 0.3 is 5.97 Å². The number of non-ortho nitro benzene ring substituents is 1. The number of rotatable bonds is 4. The normalized spacial score (nSPS) is 15.4. The number of aliphatic imine (C=N–C) groups is 1. The van der Waals surface area contributed by atoms with Crippen molar-refractivity contribution in [3.8, 4) is 5.75 Å². The molecule has 8 nitrogen and oxygen atoms in total. The number of cyclic esters (lactones) is 1. The van der Waals surface area contributed by atoms with Crippen molar-refractivity contribution in [3.63, 3.8) is 0 Å². The van der Waals surface area contributed by atoms with Crippen molar-refractivity contribution >= 4 is 23.6 Å². The fraction of sp³-hybridized carbons (Fsp3) is 0.0667. The monoisotopic (exact) mass is 314 g/mol. The van der Waals surface area contributed by atoms with Crippen LogP contribution in [-0.4, -0.2) is 23.9 Å². The largest absolute Gasteiger partial charge is 0.496 e. The van der Waals surface area contributed by atoms with Crippen LogP contribution in [0.1, 0.15) is 11.3 Å². The molecule has 3 rings (SSSR count). The fourth-order valence-electron chi connectivity index (χ4n) is 2.01. The van der Waals surface area contributed by atoms with Crippen molar-refractivity contribution < 1.29 is 23.6 Å². The SMILES string of the molecule is COc1ccc([N+](=O)[O-])cc1/C=C1\N=C(c2ccco2)OC1=O. The zero-order chi connectivity index (χ0) is 16.4. The Hall–Kier alpha value is -3.42. The molecule has 0 saturated carbocycles. The van der Waals surface area contributed by atoms with Gasteiger partial charge in [-0.15, -0.1) is 0 Å². The second-order valence-electron chi connectivity index (χ2n) is 4.50. The molecule has 0 bridgehead atoms. The molecule has 1 aliphatic heterocycles. The minimum Gasteiger partial charge on any atom is -0.496 e. The number of hydrogen-bond donors (Lipinski definition) is 0. The summed E-state index contributed by atoms with van der Waals surface area (Å²) in [6, 6.07) is 7.28. The molecule has 1 aromatic carbocycles. The predicted molar refractivity (Wildman–Crippen MR) is 79.0 cm³/mol. The van der Waals surface area contributed by atoms with E-state index < -0.39 is 10.9 Å². The predicted octanol–water partition coefficient (Wildman–Crippen LogP) is 2.54. The molecular weight excluding hydrogens is 304 g/mol. The van der Waals surface area contributed by atoms with Crippen LogP contribution in [0.15, 0.2) is 51.7 Å². The standard InChI is InChI=1S/C15H10N2O6/c1-21-12-5-4-10(17(19)20)7-9(12)8-11-15(18)23-14(16-11)13-3-2-6-22-13/h2-8H,1H3/b11-8-. The second-order valence-corrected chi connectivity index (χ2v) is 4.50. The molecule has 0 aliphatic carbocycles. The summed E-state index contributed by atoms with van der Waals surface area (Å²) in [5.74, 6) is 0.0471. The van der Waals surface area contributed by atoms with Gasteiger partial charge in [-0.1, -0.05) is 0 Å². The van der Waals surface area contributed by atoms with Gasteiger partial charge in [0.25, 0.3) is 11.6 Å². The van der Waals surface area contributed by atoms with Crippen LogP contribution >= 0.6 is 0 Å². The van der Waals surface area contributed by atoms with Crippen molar-refractivity contribution in [1.29, 1.82) is 0 Å². The third-order valence-corrected chi connectivity index (χ3v) is 3.07. The summed E-state index contributed by atoms with van der Waals surface area (Å²) in [5.41, 5.74) is 0.215. The number of ether oxygens (including phenoxy) is 2. The Kier molecular flexibility index (Phi) is 3.63. The first-order chi connectivity index (χ1) is 11.1. The molecule has 0 unspecified atom stereocenters. The van der Waals surface area contributed by atoms with Gasteiger partial charge in [-0.3, -0.25) is 10.1 Å². The van der Waals surface area contributed by atoms with Gasteiger partial charge in [-0.25, -0.2) is 9.79 Å². The number of hydrogen-bond acceptors (Lipinski definition) is 7. The summed E-state index contributed by atoms with van der Waals surface area (Å²) in [4.78, 5) is 26.3. The molecule has 116 valence electrons. The van der Waals surface area contributed by atoms with Crippen molar-refractivity contribution in [3.05, 3.63) is 63.7 Å². The van der Waals surface area contributed by atoms with Crippen LogP contribution in [0, 0.1) is 10.1 Å². The van der Waals surface area contributed by atoms with Crippen LogP contribution in [-0.2, 0) is 9.53 Å². The highest BCUT2D eigenvalue weighted by atomic mass is 16.6. The van der Waals surface area contributed by atoms with E-state index in [9.17, 15) is 14.9 Å². The maximum absolute atomic E-state index is 11.9. The van der Waals surface area contributed by atoms with Crippen LogP contribution in [0.25, 0.3) is 6.08 Å². The van der Waals surface area contributed by atoms with E-state index >= 15 is 0 Å². The number of carbonyl (C=O) groups excluding carboxylic acids is 1. The zero-order valence-corrected chi connectivity index (χ0v) is 11.9. The van der Waals surface area contributed by atoms with E-state index in [1.807, 2.05) is 0 Å². The molecule has 0 spiro atoms. The molecule has 0 saturated heterocycles. The van der Waals surface area contributed by atoms with Crippen molar-refractivity contribution in [2.75, 3.05) is 7.11 Å². The Morgan fingerprint density at radius 3 is 2.83 bits per heavy atom. The second kappa shape index (κ2) is 5.76. The van der Waals surface area contributed by atoms with E-state index in [0.29, 0.717) is 17.1 Å². The first-order valence-electron chi connectivity index (χ1n) is 6.47. The first-order valence-corrected chi connectivity index (χ1v) is 6.47. The number of nitrogens with zero attached hydrogens (tertiary/aromatic N) is 2. The number of methoxy groups -OCH3 is 1. The molecular formula is C15H10N2O6. The van der Waals surface area contributed by atoms with Gasteiger partial charge in [0.2, 0.25) is 0 Å². The van der Waals surface area contributed by atoms with Crippen LogP contribution in [0.5, 0.6) is 5.75 Å². The van der Waals surface area contributed by atoms with Gasteiger partial charge in [0.1, 0.15) is 5.75 Å². The van der Waals surface area contributed by atoms with Crippen LogP contribution < -0.4 is 4.74 Å². The lowest BCUT2D eigenvalue weighted by atomic mass is 10.1. The van der Waals surface area contributed by atoms with Gasteiger partial charge < -0.3 is 13.9 Å². The van der Waals surface area contributed by atoms with E-state index in [1.165, 1.54) is 37.6 Å². The number of nitro groups is 1. The Labute approximate surface area is 129 Å². The first kappa shape index (κ1) is 14.5. The molecule has 0 atom stereocenters. The van der Waals surface area contributed by atoms with Crippen molar-refractivity contribution in [2.24, 2.45) is 4.99 Å². The van der Waals surface area contributed by atoms with Gasteiger partial charge in [-0.05, 0) is 24.3 Å². The van der Waals surface area contributed by atoms with E-state index in [4.69, 9.17) is 13.9 Å². The molecule has 1 aromatic heterocycles. The highest BCUT2D eigenvalue weighted by molar-refractivity contribution is 6.12. The van der Waals surface area contributed by atoms with Gasteiger partial charge in [-0.2, -0.15) is 0 Å². The van der Waals surface area contributed by atoms with Crippen molar-refractivity contribution in [2.45, 2.75) is 0 Å². The summed E-state index contributed by atoms with van der Waals surface area (Å²) >= 11 is 0. The molecule has 23 heavy (non-hydrogen) atoms. The Balaban J connectivity index is 2.02. The molecule has 2 heterocycles. The third-order valence-electron chi connectivity index (χ3n) is 3.07. The molecule has 0 N–H and O–H groups in total. The summed E-state index contributed by atoms with van der Waals surface area (Å²) in [5, 5.41) is 10.9. The lowest BCUT2D eigenvalue weighted by Gasteiger charge is -2.04. The van der Waals surface area contributed by atoms with Crippen LogP contribution in [0.2, 0.25) is 0 Å². The maximum atomic E-state index is 11.9. The van der Waals surface area contributed by atoms with Crippen molar-refractivity contribution in [1.82, 2.24) is 0 Å². The quantitative estimate of drug-likeness (QED) is 0.372. The van der Waals surface area contributed by atoms with Gasteiger partial charge in [0.15, 0.2) is 11.5 Å². The summed E-state index contributed by atoms with van der Waals surface area (Å²) in [7, 11) is 1.42. The highest BCUT2D eigenvalue weighted by Gasteiger charge is 2.26. The Bertz CT molecular complexity index is 836. The van der Waals surface area contributed by atoms with E-state index in [1.54, 1.807) is 12.1 Å². The number of furan rings is 1. The summed E-state index contributed by atoms with van der Waals surface area (Å²) in [6.07, 6.45) is 2.79. The lowest BCUT2D eigenvalue weighted by molar-refractivity contribution is -0.384. The van der Waals surface area contributed by atoms with E-state index in [2.05, 4.69) is 4.99 Å². The maximum Gasteiger partial charge on any atom is 0.363 e. The molecule has 1 aliphatic rings. The molecule has 0 radical (unpaired) electrons. The third kappa shape index (κ3) is 2.82. The van der Waals surface area contributed by atoms with Gasteiger partial charge in [0, 0.05) is 17.7 Å². The Morgan fingerprint density at radius 2 is 2.17 bits per heavy atom. The molecule has 2 aromatic rings. The number of carbonyl (C=O) groups is 1. The van der Waals surface area contributed by atoms with Crippen LogP contribution in [0.4, 0.5) is 5.69 Å². The van der Waals surface area contributed by atoms with E-state index in [0.717, 1.165) is 0 Å². The summed E-state index contributed by atoms with van der Waals surface area (Å²) < 4.78 is 15.3. The Morgan fingerprint density at radius 1 is 1.35 bits per heavy atom. The fourth-order valence-corrected chi connectivity index (χ4v) is 2.01. The number of benzene rings is 1. The zero-order valence-electron chi connectivity index (χ0n) is 11.9.